The van der Waals surface area contributed by atoms with Crippen LogP contribution in [0.5, 0.6) is 6.01 Å². The van der Waals surface area contributed by atoms with Crippen LogP contribution in [-0.4, -0.2) is 102 Å². The van der Waals surface area contributed by atoms with Gasteiger partial charge >= 0.3 is 12.1 Å². The molecule has 2 aromatic carbocycles. The van der Waals surface area contributed by atoms with Gasteiger partial charge in [-0.15, -0.1) is 5.54 Å². The van der Waals surface area contributed by atoms with Gasteiger partial charge in [-0.3, -0.25) is 9.88 Å². The van der Waals surface area contributed by atoms with Gasteiger partial charge in [0.25, 0.3) is 0 Å². The molecule has 7 rings (SSSR count). The van der Waals surface area contributed by atoms with Crippen LogP contribution in [0.3, 0.4) is 0 Å². The number of ether oxygens (including phenoxy) is 2. The van der Waals surface area contributed by atoms with E-state index in [1.807, 2.05) is 44.9 Å². The van der Waals surface area contributed by atoms with E-state index in [2.05, 4.69) is 62.9 Å². The topological polar surface area (TPSA) is 83.9 Å². The number of hydrogen-bond donors (Lipinski definition) is 0. The molecule has 0 N–H and O–H groups in total. The molecule has 13 heteroatoms. The molecule has 2 aromatic heterocycles. The molecule has 0 bridgehead atoms. The van der Waals surface area contributed by atoms with Crippen LogP contribution in [0.25, 0.3) is 32.9 Å². The van der Waals surface area contributed by atoms with Crippen LogP contribution in [0.2, 0.25) is 16.6 Å². The minimum atomic E-state index is -2.26. The number of carbonyl (C=O) groups excluding carboxylic acids is 1. The maximum atomic E-state index is 17.5. The molecule has 59 heavy (non-hydrogen) atoms. The normalized spacial score (nSPS) is 21.2. The SMILES string of the molecule is CC(C)[Si](C#Cc1c(F)ccc2cccc(-c3ncc4c(N(C)[C@@H]5CCN(C(=O)OC(C)(C)C)C5)nc(OC[C@@]56CCCN5C[C@H](F)C6)nc4c3F)c12)(C(C)C)C(C)C. The number of hydrogen-bond acceptors (Lipinski definition) is 8. The van der Waals surface area contributed by atoms with Crippen molar-refractivity contribution in [3.8, 4) is 28.7 Å². The number of nitrogens with zero attached hydrogens (tertiary/aromatic N) is 6. The first kappa shape index (κ1) is 42.7. The highest BCUT2D eigenvalue weighted by Crippen LogP contribution is 2.43. The molecule has 9 nitrogen and oxygen atoms in total. The lowest BCUT2D eigenvalue weighted by Gasteiger charge is -2.38. The summed E-state index contributed by atoms with van der Waals surface area (Å²) in [5.74, 6) is 2.54. The number of carbonyl (C=O) groups is 1. The fraction of sp³-hybridized carbons (Fsp3) is 0.565. The van der Waals surface area contributed by atoms with Gasteiger partial charge in [0.05, 0.1) is 16.5 Å². The molecule has 0 radical (unpaired) electrons. The molecule has 0 unspecified atom stereocenters. The molecule has 4 aromatic rings. The molecule has 5 heterocycles. The molecule has 316 valence electrons. The van der Waals surface area contributed by atoms with Crippen molar-refractivity contribution >= 4 is 41.7 Å². The summed E-state index contributed by atoms with van der Waals surface area (Å²) in [5, 5.41) is 1.56. The number of fused-ring (bicyclic) bond motifs is 3. The van der Waals surface area contributed by atoms with Crippen LogP contribution in [0.15, 0.2) is 36.5 Å². The van der Waals surface area contributed by atoms with Crippen LogP contribution in [-0.2, 0) is 4.74 Å². The van der Waals surface area contributed by atoms with Crippen molar-refractivity contribution < 1.29 is 27.4 Å². The molecular formula is C46H59F3N6O3Si. The third-order valence-electron chi connectivity index (χ3n) is 13.1. The Morgan fingerprint density at radius 2 is 1.76 bits per heavy atom. The number of alkyl halides is 1. The van der Waals surface area contributed by atoms with Gasteiger partial charge in [0.2, 0.25) is 0 Å². The van der Waals surface area contributed by atoms with Crippen LogP contribution < -0.4 is 9.64 Å². The number of pyridine rings is 1. The van der Waals surface area contributed by atoms with Gasteiger partial charge in [0, 0.05) is 56.3 Å². The first-order valence-corrected chi connectivity index (χ1v) is 23.4. The Bertz CT molecular complexity index is 2280. The van der Waals surface area contributed by atoms with E-state index in [1.54, 1.807) is 23.2 Å². The molecule has 0 spiro atoms. The predicted molar refractivity (Wildman–Crippen MR) is 231 cm³/mol. The second kappa shape index (κ2) is 16.2. The number of halogens is 3. The number of likely N-dealkylation sites (N-methyl/N-ethyl adjacent to an activating group) is 1. The van der Waals surface area contributed by atoms with E-state index in [0.717, 1.165) is 19.4 Å². The fourth-order valence-corrected chi connectivity index (χ4v) is 15.4. The molecule has 3 atom stereocenters. The molecule has 3 aliphatic heterocycles. The molecule has 3 aliphatic rings. The van der Waals surface area contributed by atoms with E-state index in [1.165, 1.54) is 6.07 Å². The average molecular weight is 829 g/mol. The summed E-state index contributed by atoms with van der Waals surface area (Å²) in [6.07, 6.45) is 2.93. The standard InChI is InChI=1S/C46H59F3N6O3Si/c1-28(2)59(29(3)4,30(5)6)22-18-34-37(48)16-15-31-13-11-14-35(38(31)34)40-39(49)41-36(24-50-40)42(53(10)33-17-21-54(26-33)44(56)58-45(7,8)9)52-43(51-41)57-27-46-19-12-20-55(46)25-32(47)23-46/h11,13-16,24,28-30,32-33H,12,17,19-21,23,25-27H2,1-10H3/t32-,33-,46+/m1/s1. The summed E-state index contributed by atoms with van der Waals surface area (Å²) in [6, 6.07) is 8.34. The number of amides is 1. The summed E-state index contributed by atoms with van der Waals surface area (Å²) < 4.78 is 60.3. The third kappa shape index (κ3) is 7.99. The van der Waals surface area contributed by atoms with E-state index >= 15 is 8.78 Å². The van der Waals surface area contributed by atoms with Crippen molar-refractivity contribution in [1.82, 2.24) is 24.8 Å². The monoisotopic (exact) mass is 828 g/mol. The lowest BCUT2D eigenvalue weighted by atomic mass is 9.95. The molecule has 3 fully saturated rings. The minimum Gasteiger partial charge on any atom is -0.461 e. The van der Waals surface area contributed by atoms with E-state index in [9.17, 15) is 9.18 Å². The van der Waals surface area contributed by atoms with E-state index < -0.39 is 43.1 Å². The number of likely N-dealkylation sites (tertiary alicyclic amines) is 1. The molecular weight excluding hydrogens is 770 g/mol. The van der Waals surface area contributed by atoms with Crippen LogP contribution in [0.1, 0.15) is 93.6 Å². The highest BCUT2D eigenvalue weighted by atomic mass is 28.3. The van der Waals surface area contributed by atoms with Crippen molar-refractivity contribution in [3.05, 3.63) is 53.7 Å². The van der Waals surface area contributed by atoms with Gasteiger partial charge in [-0.25, -0.2) is 18.0 Å². The maximum absolute atomic E-state index is 17.5. The highest BCUT2D eigenvalue weighted by molar-refractivity contribution is 6.90. The number of benzene rings is 2. The minimum absolute atomic E-state index is 0.00341. The lowest BCUT2D eigenvalue weighted by molar-refractivity contribution is 0.0292. The Kier molecular flexibility index (Phi) is 11.7. The maximum Gasteiger partial charge on any atom is 0.410 e. The zero-order valence-corrected chi connectivity index (χ0v) is 37.3. The summed E-state index contributed by atoms with van der Waals surface area (Å²) in [6.45, 7) is 21.0. The van der Waals surface area contributed by atoms with Crippen molar-refractivity contribution in [3.63, 3.8) is 0 Å². The van der Waals surface area contributed by atoms with Gasteiger partial charge in [0.1, 0.15) is 49.3 Å². The van der Waals surface area contributed by atoms with Gasteiger partial charge in [-0.05, 0) is 74.7 Å². The highest BCUT2D eigenvalue weighted by Gasteiger charge is 2.49. The van der Waals surface area contributed by atoms with Crippen LogP contribution in [0.4, 0.5) is 23.8 Å². The lowest BCUT2D eigenvalue weighted by Crippen LogP contribution is -2.43. The summed E-state index contributed by atoms with van der Waals surface area (Å²) >= 11 is 0. The molecule has 0 aliphatic carbocycles. The Labute approximate surface area is 348 Å². The van der Waals surface area contributed by atoms with E-state index in [-0.39, 0.29) is 35.4 Å². The van der Waals surface area contributed by atoms with Gasteiger partial charge in [0.15, 0.2) is 5.82 Å². The van der Waals surface area contributed by atoms with Gasteiger partial charge in [-0.2, -0.15) is 9.97 Å². The zero-order valence-electron chi connectivity index (χ0n) is 36.3. The van der Waals surface area contributed by atoms with Gasteiger partial charge in [-0.1, -0.05) is 71.7 Å². The van der Waals surface area contributed by atoms with Crippen molar-refractivity contribution in [2.75, 3.05) is 44.7 Å². The van der Waals surface area contributed by atoms with E-state index in [0.29, 0.717) is 76.6 Å². The Hall–Kier alpha value is -4.41. The first-order valence-electron chi connectivity index (χ1n) is 21.2. The molecule has 3 saturated heterocycles. The third-order valence-corrected chi connectivity index (χ3v) is 19.4. The fourth-order valence-electron chi connectivity index (χ4n) is 10.2. The molecule has 1 amide bonds. The summed E-state index contributed by atoms with van der Waals surface area (Å²) in [4.78, 5) is 33.0. The zero-order chi connectivity index (χ0) is 42.6. The average Bonchev–Trinajstić information content (AvgIpc) is 3.88. The smallest absolute Gasteiger partial charge is 0.410 e. The van der Waals surface area contributed by atoms with Gasteiger partial charge < -0.3 is 19.3 Å². The Morgan fingerprint density at radius 1 is 1.03 bits per heavy atom. The Balaban J connectivity index is 1.35. The van der Waals surface area contributed by atoms with E-state index in [4.69, 9.17) is 19.4 Å². The largest absolute Gasteiger partial charge is 0.461 e. The Morgan fingerprint density at radius 3 is 2.46 bits per heavy atom. The van der Waals surface area contributed by atoms with Crippen LogP contribution >= 0.6 is 0 Å². The van der Waals surface area contributed by atoms with Crippen LogP contribution in [0, 0.1) is 23.1 Å². The number of anilines is 1. The van der Waals surface area contributed by atoms with Crippen molar-refractivity contribution in [2.24, 2.45) is 0 Å². The van der Waals surface area contributed by atoms with Crippen molar-refractivity contribution in [1.29, 1.82) is 0 Å². The predicted octanol–water partition coefficient (Wildman–Crippen LogP) is 10.1. The quantitative estimate of drug-likeness (QED) is 0.122. The second-order valence-corrected chi connectivity index (χ2v) is 24.4. The molecule has 0 saturated carbocycles. The summed E-state index contributed by atoms with van der Waals surface area (Å²) in [7, 11) is -0.400. The number of aromatic nitrogens is 3. The first-order chi connectivity index (χ1) is 27.8. The second-order valence-electron chi connectivity index (χ2n) is 18.8. The summed E-state index contributed by atoms with van der Waals surface area (Å²) in [5.41, 5.74) is 4.18. The number of rotatable bonds is 9. The van der Waals surface area contributed by atoms with Crippen molar-refractivity contribution in [2.45, 2.75) is 128 Å².